The summed E-state index contributed by atoms with van der Waals surface area (Å²) in [6, 6.07) is 0. The molecule has 0 aromatic rings. The summed E-state index contributed by atoms with van der Waals surface area (Å²) in [5.74, 6) is 0.581. The van der Waals surface area contributed by atoms with Crippen molar-refractivity contribution in [3.05, 3.63) is 0 Å². The molecule has 0 rings (SSSR count). The van der Waals surface area contributed by atoms with E-state index in [-0.39, 0.29) is 5.72 Å². The van der Waals surface area contributed by atoms with E-state index in [0.717, 1.165) is 12.8 Å². The van der Waals surface area contributed by atoms with E-state index in [1.165, 1.54) is 0 Å². The molecule has 0 saturated heterocycles. The third-order valence-electron chi connectivity index (χ3n) is 2.32. The maximum atomic E-state index is 9.75. The van der Waals surface area contributed by atoms with Crippen LogP contribution in [-0.4, -0.2) is 20.1 Å². The van der Waals surface area contributed by atoms with Crippen LogP contribution in [0.15, 0.2) is 0 Å². The van der Waals surface area contributed by atoms with E-state index in [1.54, 1.807) is 7.11 Å². The smallest absolute Gasteiger partial charge is 0.418 e. The van der Waals surface area contributed by atoms with E-state index in [9.17, 15) is 17.3 Å². The number of quaternary nitrogens is 1. The van der Waals surface area contributed by atoms with Crippen LogP contribution in [0.2, 0.25) is 0 Å². The lowest BCUT2D eigenvalue weighted by Crippen LogP contribution is -2.75. The standard InChI is InChI=1S/C8H19NO.BF4/c1-5-7(6-2)8(3,9)10-4;2-1(3,4)5/h7H,5-6,9H2,1-4H3;/q;-1/p+1. The second-order valence-electron chi connectivity index (χ2n) is 3.53. The van der Waals surface area contributed by atoms with Gasteiger partial charge in [-0.1, -0.05) is 13.8 Å². The van der Waals surface area contributed by atoms with Crippen LogP contribution in [0.3, 0.4) is 0 Å². The largest absolute Gasteiger partial charge is 0.673 e. The Hall–Kier alpha value is -0.295. The van der Waals surface area contributed by atoms with E-state index in [4.69, 9.17) is 4.74 Å². The molecule has 0 aliphatic carbocycles. The molecule has 7 heteroatoms. The summed E-state index contributed by atoms with van der Waals surface area (Å²) in [6.45, 7) is 6.40. The van der Waals surface area contributed by atoms with Crippen LogP contribution >= 0.6 is 0 Å². The van der Waals surface area contributed by atoms with Gasteiger partial charge in [-0.3, -0.25) is 0 Å². The van der Waals surface area contributed by atoms with Crippen molar-refractivity contribution < 1.29 is 27.7 Å². The predicted molar refractivity (Wildman–Crippen MR) is 52.6 cm³/mol. The fourth-order valence-electron chi connectivity index (χ4n) is 1.32. The highest BCUT2D eigenvalue weighted by Gasteiger charge is 2.30. The van der Waals surface area contributed by atoms with Crippen LogP contribution in [0.4, 0.5) is 17.3 Å². The monoisotopic (exact) mass is 233 g/mol. The summed E-state index contributed by atoms with van der Waals surface area (Å²) >= 11 is 0. The average Bonchev–Trinajstić information content (AvgIpc) is 2.03. The quantitative estimate of drug-likeness (QED) is 0.451. The summed E-state index contributed by atoms with van der Waals surface area (Å²) in [7, 11) is -4.27. The van der Waals surface area contributed by atoms with Crippen molar-refractivity contribution in [2.24, 2.45) is 5.92 Å². The molecule has 0 fully saturated rings. The van der Waals surface area contributed by atoms with Crippen LogP contribution in [-0.2, 0) is 4.74 Å². The molecule has 0 saturated carbocycles. The zero-order valence-electron chi connectivity index (χ0n) is 9.70. The molecular weight excluding hydrogens is 213 g/mol. The van der Waals surface area contributed by atoms with Gasteiger partial charge >= 0.3 is 7.25 Å². The third-order valence-corrected chi connectivity index (χ3v) is 2.32. The summed E-state index contributed by atoms with van der Waals surface area (Å²) in [5.41, 5.74) is 3.82. The van der Waals surface area contributed by atoms with Gasteiger partial charge in [0.2, 0.25) is 0 Å². The van der Waals surface area contributed by atoms with Crippen molar-refractivity contribution in [2.45, 2.75) is 39.3 Å². The van der Waals surface area contributed by atoms with Gasteiger partial charge in [0, 0.05) is 20.0 Å². The molecule has 0 amide bonds. The molecule has 0 spiro atoms. The molecule has 0 bridgehead atoms. The maximum absolute atomic E-state index is 9.75. The first kappa shape index (κ1) is 17.1. The maximum Gasteiger partial charge on any atom is 0.673 e. The van der Waals surface area contributed by atoms with E-state index in [1.807, 2.05) is 6.92 Å². The molecule has 0 heterocycles. The van der Waals surface area contributed by atoms with Gasteiger partial charge in [0.1, 0.15) is 0 Å². The highest BCUT2D eigenvalue weighted by Crippen LogP contribution is 2.19. The number of hydrogen-bond donors (Lipinski definition) is 1. The van der Waals surface area contributed by atoms with Gasteiger partial charge in [0.15, 0.2) is 5.72 Å². The molecule has 15 heavy (non-hydrogen) atoms. The molecule has 2 nitrogen and oxygen atoms in total. The highest BCUT2D eigenvalue weighted by molar-refractivity contribution is 6.50. The van der Waals surface area contributed by atoms with Gasteiger partial charge in [0.25, 0.3) is 0 Å². The lowest BCUT2D eigenvalue weighted by Gasteiger charge is -2.27. The highest BCUT2D eigenvalue weighted by atomic mass is 19.5. The molecule has 1 atom stereocenters. The van der Waals surface area contributed by atoms with Crippen molar-refractivity contribution >= 4 is 7.25 Å². The molecule has 0 aliphatic rings. The van der Waals surface area contributed by atoms with Crippen LogP contribution in [0.25, 0.3) is 0 Å². The van der Waals surface area contributed by atoms with Crippen LogP contribution in [0, 0.1) is 5.92 Å². The van der Waals surface area contributed by atoms with Crippen molar-refractivity contribution in [3.8, 4) is 0 Å². The SMILES string of the molecule is CCC(CC)C(C)([NH3+])OC.F[B-](F)(F)F. The molecular formula is C8H20BF4NO. The van der Waals surface area contributed by atoms with Crippen molar-refractivity contribution in [2.75, 3.05) is 7.11 Å². The Kier molecular flexibility index (Phi) is 8.05. The molecule has 0 aromatic carbocycles. The Morgan fingerprint density at radius 2 is 1.47 bits per heavy atom. The van der Waals surface area contributed by atoms with Gasteiger partial charge in [0.05, 0.1) is 0 Å². The Labute approximate surface area is 88.3 Å². The Bertz CT molecular complexity index is 153. The summed E-state index contributed by atoms with van der Waals surface area (Å²) in [6.07, 6.45) is 2.29. The zero-order valence-corrected chi connectivity index (χ0v) is 9.70. The minimum absolute atomic E-state index is 0.191. The number of ether oxygens (including phenoxy) is 1. The minimum Gasteiger partial charge on any atom is -0.418 e. The van der Waals surface area contributed by atoms with E-state index < -0.39 is 7.25 Å². The first-order valence-electron chi connectivity index (χ1n) is 4.86. The van der Waals surface area contributed by atoms with E-state index in [0.29, 0.717) is 5.92 Å². The molecule has 0 radical (unpaired) electrons. The second kappa shape index (κ2) is 7.06. The topological polar surface area (TPSA) is 36.9 Å². The molecule has 0 aromatic heterocycles. The number of rotatable bonds is 4. The predicted octanol–water partition coefficient (Wildman–Crippen LogP) is 2.33. The number of halogens is 4. The van der Waals surface area contributed by atoms with E-state index >= 15 is 0 Å². The lowest BCUT2D eigenvalue weighted by atomic mass is 9.92. The summed E-state index contributed by atoms with van der Waals surface area (Å²) in [4.78, 5) is 0. The van der Waals surface area contributed by atoms with Gasteiger partial charge in [-0.15, -0.1) is 0 Å². The fraction of sp³-hybridized carbons (Fsp3) is 1.00. The van der Waals surface area contributed by atoms with Crippen molar-refractivity contribution in [1.29, 1.82) is 0 Å². The van der Waals surface area contributed by atoms with Crippen LogP contribution in [0.5, 0.6) is 0 Å². The Morgan fingerprint density at radius 3 is 1.53 bits per heavy atom. The molecule has 1 unspecified atom stereocenters. The molecule has 94 valence electrons. The van der Waals surface area contributed by atoms with Crippen molar-refractivity contribution in [3.63, 3.8) is 0 Å². The first-order valence-corrected chi connectivity index (χ1v) is 4.86. The number of hydrogen-bond acceptors (Lipinski definition) is 1. The van der Waals surface area contributed by atoms with Crippen molar-refractivity contribution in [1.82, 2.24) is 0 Å². The fourth-order valence-corrected chi connectivity index (χ4v) is 1.32. The van der Waals surface area contributed by atoms with Crippen LogP contribution < -0.4 is 5.73 Å². The van der Waals surface area contributed by atoms with Gasteiger partial charge in [-0.05, 0) is 12.8 Å². The molecule has 3 N–H and O–H groups in total. The Morgan fingerprint density at radius 1 is 1.20 bits per heavy atom. The second-order valence-corrected chi connectivity index (χ2v) is 3.53. The Balaban J connectivity index is 0. The van der Waals surface area contributed by atoms with Gasteiger partial charge in [-0.2, -0.15) is 0 Å². The average molecular weight is 233 g/mol. The van der Waals surface area contributed by atoms with Gasteiger partial charge in [-0.25, -0.2) is 0 Å². The first-order chi connectivity index (χ1) is 6.58. The summed E-state index contributed by atoms with van der Waals surface area (Å²) in [5, 5.41) is 0. The minimum atomic E-state index is -6.00. The lowest BCUT2D eigenvalue weighted by molar-refractivity contribution is -0.560. The third kappa shape index (κ3) is 11.6. The molecule has 0 aliphatic heterocycles. The summed E-state index contributed by atoms with van der Waals surface area (Å²) < 4.78 is 44.3. The zero-order chi connectivity index (χ0) is 12.7. The van der Waals surface area contributed by atoms with Gasteiger partial charge < -0.3 is 27.7 Å². The normalized spacial score (nSPS) is 15.6. The van der Waals surface area contributed by atoms with E-state index in [2.05, 4.69) is 19.6 Å². The number of methoxy groups -OCH3 is 1. The van der Waals surface area contributed by atoms with Crippen LogP contribution in [0.1, 0.15) is 33.6 Å².